The zero-order valence-corrected chi connectivity index (χ0v) is 17.9. The predicted molar refractivity (Wildman–Crippen MR) is 112 cm³/mol. The average Bonchev–Trinajstić information content (AvgIpc) is 3.07. The van der Waals surface area contributed by atoms with Crippen molar-refractivity contribution in [2.45, 2.75) is 31.6 Å². The molecule has 0 aliphatic heterocycles. The SMILES string of the molecule is Cc1noc(C(C)C)c1C(=O)Nc1ccc(F)c(S(=O)(=O)Nc2ccc(Cl)cc2)c1. The maximum Gasteiger partial charge on any atom is 0.264 e. The van der Waals surface area contributed by atoms with Gasteiger partial charge in [0.25, 0.3) is 15.9 Å². The van der Waals surface area contributed by atoms with Gasteiger partial charge in [0.1, 0.15) is 16.3 Å². The molecule has 0 saturated carbocycles. The quantitative estimate of drug-likeness (QED) is 0.552. The third-order valence-corrected chi connectivity index (χ3v) is 5.86. The van der Waals surface area contributed by atoms with Gasteiger partial charge in [0, 0.05) is 22.3 Å². The fourth-order valence-corrected chi connectivity index (χ4v) is 4.06. The van der Waals surface area contributed by atoms with Crippen molar-refractivity contribution in [1.82, 2.24) is 5.16 Å². The van der Waals surface area contributed by atoms with E-state index in [-0.39, 0.29) is 22.9 Å². The molecular formula is C20H19ClFN3O4S. The molecule has 3 aromatic rings. The van der Waals surface area contributed by atoms with Crippen LogP contribution in [-0.2, 0) is 10.0 Å². The maximum atomic E-state index is 14.3. The number of halogens is 2. The van der Waals surface area contributed by atoms with Gasteiger partial charge in [-0.25, -0.2) is 12.8 Å². The van der Waals surface area contributed by atoms with Crippen LogP contribution in [0.4, 0.5) is 15.8 Å². The van der Waals surface area contributed by atoms with Crippen LogP contribution in [0.5, 0.6) is 0 Å². The predicted octanol–water partition coefficient (Wildman–Crippen LogP) is 4.95. The molecule has 10 heteroatoms. The Balaban J connectivity index is 1.89. The van der Waals surface area contributed by atoms with Crippen LogP contribution in [0.3, 0.4) is 0 Å². The maximum absolute atomic E-state index is 14.3. The Morgan fingerprint density at radius 2 is 1.77 bits per heavy atom. The molecule has 0 spiro atoms. The summed E-state index contributed by atoms with van der Waals surface area (Å²) in [6.07, 6.45) is 0. The molecule has 30 heavy (non-hydrogen) atoms. The number of hydrogen-bond acceptors (Lipinski definition) is 5. The number of aryl methyl sites for hydroxylation is 1. The van der Waals surface area contributed by atoms with E-state index in [1.165, 1.54) is 30.3 Å². The van der Waals surface area contributed by atoms with E-state index in [9.17, 15) is 17.6 Å². The number of nitrogens with zero attached hydrogens (tertiary/aromatic N) is 1. The van der Waals surface area contributed by atoms with Crippen molar-refractivity contribution in [2.24, 2.45) is 0 Å². The summed E-state index contributed by atoms with van der Waals surface area (Å²) in [4.78, 5) is 12.1. The molecule has 7 nitrogen and oxygen atoms in total. The largest absolute Gasteiger partial charge is 0.360 e. The highest BCUT2D eigenvalue weighted by atomic mass is 35.5. The summed E-state index contributed by atoms with van der Waals surface area (Å²) in [5.74, 6) is -1.17. The van der Waals surface area contributed by atoms with Crippen LogP contribution in [-0.4, -0.2) is 19.5 Å². The zero-order valence-electron chi connectivity index (χ0n) is 16.4. The lowest BCUT2D eigenvalue weighted by molar-refractivity contribution is 0.102. The summed E-state index contributed by atoms with van der Waals surface area (Å²) < 4.78 is 47.1. The minimum absolute atomic E-state index is 0.0836. The molecule has 1 heterocycles. The highest BCUT2D eigenvalue weighted by molar-refractivity contribution is 7.92. The molecule has 0 aliphatic rings. The van der Waals surface area contributed by atoms with Gasteiger partial charge in [-0.3, -0.25) is 9.52 Å². The smallest absolute Gasteiger partial charge is 0.264 e. The first-order chi connectivity index (χ1) is 14.1. The molecule has 3 rings (SSSR count). The van der Waals surface area contributed by atoms with Gasteiger partial charge in [-0.1, -0.05) is 30.6 Å². The second-order valence-corrected chi connectivity index (χ2v) is 8.96. The number of sulfonamides is 1. The van der Waals surface area contributed by atoms with Crippen LogP contribution >= 0.6 is 11.6 Å². The lowest BCUT2D eigenvalue weighted by Gasteiger charge is -2.12. The number of benzene rings is 2. The Morgan fingerprint density at radius 3 is 2.40 bits per heavy atom. The molecule has 1 aromatic heterocycles. The number of hydrogen-bond donors (Lipinski definition) is 2. The summed E-state index contributed by atoms with van der Waals surface area (Å²) in [7, 11) is -4.25. The van der Waals surface area contributed by atoms with Crippen molar-refractivity contribution in [2.75, 3.05) is 10.0 Å². The fraction of sp³-hybridized carbons (Fsp3) is 0.200. The molecular weight excluding hydrogens is 433 g/mol. The average molecular weight is 452 g/mol. The van der Waals surface area contributed by atoms with E-state index in [0.717, 1.165) is 12.1 Å². The second kappa shape index (κ2) is 8.45. The number of anilines is 2. The summed E-state index contributed by atoms with van der Waals surface area (Å²) in [5.41, 5.74) is 0.983. The van der Waals surface area contributed by atoms with Gasteiger partial charge in [-0.15, -0.1) is 0 Å². The van der Waals surface area contributed by atoms with Crippen molar-refractivity contribution in [3.63, 3.8) is 0 Å². The molecule has 0 fully saturated rings. The normalized spacial score (nSPS) is 11.5. The molecule has 0 atom stereocenters. The van der Waals surface area contributed by atoms with Gasteiger partial charge in [0.2, 0.25) is 0 Å². The van der Waals surface area contributed by atoms with Crippen LogP contribution in [0.2, 0.25) is 5.02 Å². The van der Waals surface area contributed by atoms with Gasteiger partial charge < -0.3 is 9.84 Å². The fourth-order valence-electron chi connectivity index (χ4n) is 2.77. The number of carbonyl (C=O) groups excluding carboxylic acids is 1. The van der Waals surface area contributed by atoms with Crippen LogP contribution < -0.4 is 10.0 Å². The lowest BCUT2D eigenvalue weighted by Crippen LogP contribution is -2.17. The van der Waals surface area contributed by atoms with Gasteiger partial charge >= 0.3 is 0 Å². The van der Waals surface area contributed by atoms with E-state index in [4.69, 9.17) is 16.1 Å². The summed E-state index contributed by atoms with van der Waals surface area (Å²) in [6.45, 7) is 5.32. The van der Waals surface area contributed by atoms with Gasteiger partial charge in [0.05, 0.1) is 5.69 Å². The van der Waals surface area contributed by atoms with E-state index >= 15 is 0 Å². The molecule has 1 amide bonds. The highest BCUT2D eigenvalue weighted by Gasteiger charge is 2.24. The van der Waals surface area contributed by atoms with E-state index < -0.39 is 26.6 Å². The lowest BCUT2D eigenvalue weighted by atomic mass is 10.0. The van der Waals surface area contributed by atoms with Gasteiger partial charge in [-0.05, 0) is 49.4 Å². The number of rotatable bonds is 6. The molecule has 0 unspecified atom stereocenters. The van der Waals surface area contributed by atoms with Crippen molar-refractivity contribution in [3.8, 4) is 0 Å². The van der Waals surface area contributed by atoms with Crippen molar-refractivity contribution >= 4 is 38.9 Å². The first-order valence-corrected chi connectivity index (χ1v) is 10.8. The summed E-state index contributed by atoms with van der Waals surface area (Å²) in [5, 5.41) is 6.82. The Labute approximate surface area is 178 Å². The first-order valence-electron chi connectivity index (χ1n) is 8.94. The van der Waals surface area contributed by atoms with Crippen LogP contribution in [0, 0.1) is 12.7 Å². The minimum Gasteiger partial charge on any atom is -0.360 e. The molecule has 0 saturated heterocycles. The van der Waals surface area contributed by atoms with Crippen molar-refractivity contribution in [1.29, 1.82) is 0 Å². The first kappa shape index (κ1) is 21.8. The number of amides is 1. The van der Waals surface area contributed by atoms with E-state index in [2.05, 4.69) is 15.2 Å². The van der Waals surface area contributed by atoms with E-state index in [0.29, 0.717) is 16.5 Å². The molecule has 2 N–H and O–H groups in total. The third kappa shape index (κ3) is 4.63. The van der Waals surface area contributed by atoms with Gasteiger partial charge in [-0.2, -0.15) is 0 Å². The summed E-state index contributed by atoms with van der Waals surface area (Å²) >= 11 is 5.79. The molecule has 2 aromatic carbocycles. The second-order valence-electron chi connectivity index (χ2n) is 6.87. The van der Waals surface area contributed by atoms with Crippen molar-refractivity contribution < 1.29 is 22.1 Å². The number of carbonyl (C=O) groups is 1. The van der Waals surface area contributed by atoms with Crippen LogP contribution in [0.25, 0.3) is 0 Å². The molecule has 158 valence electrons. The third-order valence-electron chi connectivity index (χ3n) is 4.22. The molecule has 0 radical (unpaired) electrons. The molecule has 0 bridgehead atoms. The van der Waals surface area contributed by atoms with E-state index in [1.54, 1.807) is 6.92 Å². The monoisotopic (exact) mass is 451 g/mol. The Bertz CT molecular complexity index is 1190. The topological polar surface area (TPSA) is 101 Å². The number of nitrogens with one attached hydrogen (secondary N) is 2. The van der Waals surface area contributed by atoms with Crippen LogP contribution in [0.1, 0.15) is 41.6 Å². The molecule has 0 aliphatic carbocycles. The zero-order chi connectivity index (χ0) is 22.1. The summed E-state index contributed by atoms with van der Waals surface area (Å²) in [6, 6.07) is 9.18. The minimum atomic E-state index is -4.25. The Morgan fingerprint density at radius 1 is 1.13 bits per heavy atom. The Hall–Kier alpha value is -2.91. The standard InChI is InChI=1S/C20H19ClFN3O4S/c1-11(2)19-18(12(3)24-29-19)20(26)23-15-8-9-16(22)17(10-15)30(27,28)25-14-6-4-13(21)5-7-14/h4-11,25H,1-3H3,(H,23,26). The highest BCUT2D eigenvalue weighted by Crippen LogP contribution is 2.26. The van der Waals surface area contributed by atoms with Crippen molar-refractivity contribution in [3.05, 3.63) is 70.3 Å². The van der Waals surface area contributed by atoms with Crippen LogP contribution in [0.15, 0.2) is 51.9 Å². The Kier molecular flexibility index (Phi) is 6.14. The van der Waals surface area contributed by atoms with Gasteiger partial charge in [0.15, 0.2) is 5.76 Å². The number of aromatic nitrogens is 1. The van der Waals surface area contributed by atoms with E-state index in [1.807, 2.05) is 13.8 Å².